The number of fused-ring (bicyclic) bond motifs is 5. The van der Waals surface area contributed by atoms with Crippen LogP contribution in [0.2, 0.25) is 0 Å². The number of aliphatic hydroxyl groups excluding tert-OH is 5. The van der Waals surface area contributed by atoms with Gasteiger partial charge in [0.2, 0.25) is 0 Å². The Morgan fingerprint density at radius 1 is 0.697 bits per heavy atom. The fourth-order valence-electron chi connectivity index (χ4n) is 9.48. The van der Waals surface area contributed by atoms with Gasteiger partial charge in [-0.15, -0.1) is 0 Å². The minimum atomic E-state index is -0.721. The van der Waals surface area contributed by atoms with Crippen molar-refractivity contribution in [2.45, 2.75) is 117 Å². The summed E-state index contributed by atoms with van der Waals surface area (Å²) in [4.78, 5) is 0. The van der Waals surface area contributed by atoms with Crippen molar-refractivity contribution in [3.05, 3.63) is 0 Å². The molecule has 0 spiro atoms. The Hall–Kier alpha value is -0.200. The standard InChI is InChI=1S/C28H50O5/c1-14(2)15(3)25(32)26(33)16(4)18-7-8-19-17-11-22(29)21-12-23(30)24(31)13-28(21,6)20(17)9-10-27(18,19)5/h14-26,29-33H,7-13H2,1-6H3/t15?,16-,17-,18+,19-,20-,21+,22-,23-,24+,25+,26+,27+,28+/m0/s1. The van der Waals surface area contributed by atoms with Crippen LogP contribution in [-0.4, -0.2) is 56.1 Å². The lowest BCUT2D eigenvalue weighted by Crippen LogP contribution is -2.60. The third kappa shape index (κ3) is 4.02. The van der Waals surface area contributed by atoms with Crippen molar-refractivity contribution in [2.75, 3.05) is 0 Å². The lowest BCUT2D eigenvalue weighted by molar-refractivity contribution is -0.197. The van der Waals surface area contributed by atoms with Gasteiger partial charge in [0.15, 0.2) is 0 Å². The summed E-state index contributed by atoms with van der Waals surface area (Å²) in [5.74, 6) is 2.25. The Kier molecular flexibility index (Phi) is 7.08. The second kappa shape index (κ2) is 9.03. The molecule has 0 radical (unpaired) electrons. The molecule has 1 unspecified atom stereocenters. The monoisotopic (exact) mass is 466 g/mol. The lowest BCUT2D eigenvalue weighted by atomic mass is 9.43. The van der Waals surface area contributed by atoms with E-state index < -0.39 is 30.5 Å². The van der Waals surface area contributed by atoms with Crippen LogP contribution in [-0.2, 0) is 0 Å². The number of hydrogen-bond donors (Lipinski definition) is 5. The molecule has 14 atom stereocenters. The van der Waals surface area contributed by atoms with E-state index in [9.17, 15) is 25.5 Å². The molecule has 5 N–H and O–H groups in total. The first-order chi connectivity index (χ1) is 15.3. The van der Waals surface area contributed by atoms with Crippen molar-refractivity contribution < 1.29 is 25.5 Å². The van der Waals surface area contributed by atoms with Crippen molar-refractivity contribution in [2.24, 2.45) is 58.2 Å². The summed E-state index contributed by atoms with van der Waals surface area (Å²) in [6, 6.07) is 0. The first kappa shape index (κ1) is 25.9. The first-order valence-electron chi connectivity index (χ1n) is 13.7. The van der Waals surface area contributed by atoms with Gasteiger partial charge in [0.05, 0.1) is 30.5 Å². The minimum absolute atomic E-state index is 0.0382. The second-order valence-corrected chi connectivity index (χ2v) is 13.5. The highest BCUT2D eigenvalue weighted by atomic mass is 16.3. The van der Waals surface area contributed by atoms with Crippen molar-refractivity contribution in [1.82, 2.24) is 0 Å². The van der Waals surface area contributed by atoms with Crippen LogP contribution in [0, 0.1) is 58.2 Å². The molecule has 0 heterocycles. The number of rotatable bonds is 5. The predicted octanol–water partition coefficient (Wildman–Crippen LogP) is 3.60. The molecule has 0 aliphatic heterocycles. The second-order valence-electron chi connectivity index (χ2n) is 13.5. The molecule has 4 rings (SSSR count). The van der Waals surface area contributed by atoms with E-state index in [1.165, 1.54) is 0 Å². The molecule has 4 aliphatic rings. The molecule has 0 aromatic rings. The van der Waals surface area contributed by atoms with Gasteiger partial charge in [-0.25, -0.2) is 0 Å². The minimum Gasteiger partial charge on any atom is -0.393 e. The Morgan fingerprint density at radius 3 is 1.97 bits per heavy atom. The molecular weight excluding hydrogens is 416 g/mol. The van der Waals surface area contributed by atoms with Gasteiger partial charge in [-0.05, 0) is 103 Å². The van der Waals surface area contributed by atoms with Crippen molar-refractivity contribution in [1.29, 1.82) is 0 Å². The Balaban J connectivity index is 1.55. The van der Waals surface area contributed by atoms with Gasteiger partial charge in [-0.1, -0.05) is 41.5 Å². The molecule has 0 saturated heterocycles. The summed E-state index contributed by atoms with van der Waals surface area (Å²) in [5, 5.41) is 54.0. The highest BCUT2D eigenvalue weighted by Gasteiger charge is 2.63. The summed E-state index contributed by atoms with van der Waals surface area (Å²) in [6.45, 7) is 13.0. The molecule has 5 heteroatoms. The van der Waals surface area contributed by atoms with Crippen molar-refractivity contribution in [3.8, 4) is 0 Å². The normalized spacial score (nSPS) is 51.3. The van der Waals surface area contributed by atoms with Crippen LogP contribution in [0.1, 0.15) is 86.5 Å². The van der Waals surface area contributed by atoms with Crippen molar-refractivity contribution in [3.63, 3.8) is 0 Å². The molecule has 0 amide bonds. The average Bonchev–Trinajstić information content (AvgIpc) is 3.10. The topological polar surface area (TPSA) is 101 Å². The van der Waals surface area contributed by atoms with Gasteiger partial charge in [0.25, 0.3) is 0 Å². The first-order valence-corrected chi connectivity index (χ1v) is 13.7. The number of aliphatic hydroxyl groups is 5. The van der Waals surface area contributed by atoms with Crippen LogP contribution < -0.4 is 0 Å². The molecule has 4 fully saturated rings. The summed E-state index contributed by atoms with van der Waals surface area (Å²) >= 11 is 0. The van der Waals surface area contributed by atoms with Gasteiger partial charge in [0, 0.05) is 0 Å². The maximum absolute atomic E-state index is 11.2. The van der Waals surface area contributed by atoms with Crippen LogP contribution >= 0.6 is 0 Å². The van der Waals surface area contributed by atoms with Crippen LogP contribution in [0.3, 0.4) is 0 Å². The van der Waals surface area contributed by atoms with E-state index in [0.29, 0.717) is 42.4 Å². The van der Waals surface area contributed by atoms with Gasteiger partial charge >= 0.3 is 0 Å². The van der Waals surface area contributed by atoms with Gasteiger partial charge in [-0.3, -0.25) is 0 Å². The zero-order chi connectivity index (χ0) is 24.5. The van der Waals surface area contributed by atoms with E-state index in [1.54, 1.807) is 0 Å². The summed E-state index contributed by atoms with van der Waals surface area (Å²) < 4.78 is 0. The molecule has 4 aliphatic carbocycles. The van der Waals surface area contributed by atoms with Crippen LogP contribution in [0.15, 0.2) is 0 Å². The number of hydrogen-bond acceptors (Lipinski definition) is 5. The smallest absolute Gasteiger partial charge is 0.0830 e. The van der Waals surface area contributed by atoms with E-state index in [2.05, 4.69) is 34.6 Å². The molecule has 0 aromatic heterocycles. The third-order valence-corrected chi connectivity index (χ3v) is 11.9. The fourth-order valence-corrected chi connectivity index (χ4v) is 9.48. The summed E-state index contributed by atoms with van der Waals surface area (Å²) in [6.07, 6.45) is 3.01. The maximum Gasteiger partial charge on any atom is 0.0830 e. The molecular formula is C28H50O5. The Morgan fingerprint density at radius 2 is 1.33 bits per heavy atom. The molecule has 4 saturated carbocycles. The Bertz CT molecular complexity index is 698. The van der Waals surface area contributed by atoms with Gasteiger partial charge < -0.3 is 25.5 Å². The highest BCUT2D eigenvalue weighted by Crippen LogP contribution is 2.68. The van der Waals surface area contributed by atoms with Crippen LogP contribution in [0.4, 0.5) is 0 Å². The van der Waals surface area contributed by atoms with Crippen LogP contribution in [0.5, 0.6) is 0 Å². The van der Waals surface area contributed by atoms with E-state index in [0.717, 1.165) is 32.1 Å². The highest BCUT2D eigenvalue weighted by molar-refractivity contribution is 5.12. The summed E-state index contributed by atoms with van der Waals surface area (Å²) in [7, 11) is 0. The van der Waals surface area contributed by atoms with E-state index in [4.69, 9.17) is 0 Å². The largest absolute Gasteiger partial charge is 0.393 e. The third-order valence-electron chi connectivity index (χ3n) is 11.9. The van der Waals surface area contributed by atoms with Crippen molar-refractivity contribution >= 4 is 0 Å². The van der Waals surface area contributed by atoms with E-state index >= 15 is 0 Å². The molecule has 0 bridgehead atoms. The van der Waals surface area contributed by atoms with Gasteiger partial charge in [0.1, 0.15) is 0 Å². The maximum atomic E-state index is 11.2. The average molecular weight is 467 g/mol. The zero-order valence-electron chi connectivity index (χ0n) is 21.7. The lowest BCUT2D eigenvalue weighted by Gasteiger charge is -2.63. The predicted molar refractivity (Wildman–Crippen MR) is 129 cm³/mol. The quantitative estimate of drug-likeness (QED) is 0.426. The fraction of sp³-hybridized carbons (Fsp3) is 1.00. The Labute approximate surface area is 201 Å². The van der Waals surface area contributed by atoms with Gasteiger partial charge in [-0.2, -0.15) is 0 Å². The van der Waals surface area contributed by atoms with E-state index in [1.807, 2.05) is 6.92 Å². The van der Waals surface area contributed by atoms with E-state index in [-0.39, 0.29) is 28.6 Å². The SMILES string of the molecule is CC(C)C(C)[C@@H](O)[C@H](O)[C@@H](C)[C@H]1CC[C@H]2[C@@H]3C[C@H](O)[C@H]4C[C@H](O)[C@H](O)C[C@]4(C)[C@H]3CC[C@]12C. The molecule has 192 valence electrons. The molecule has 0 aromatic carbocycles. The molecule has 33 heavy (non-hydrogen) atoms. The molecule has 5 nitrogen and oxygen atoms in total. The van der Waals surface area contributed by atoms with Crippen LogP contribution in [0.25, 0.3) is 0 Å². The summed E-state index contributed by atoms with van der Waals surface area (Å²) in [5.41, 5.74) is -0.0213. The zero-order valence-corrected chi connectivity index (χ0v) is 21.7.